The minimum atomic E-state index is -0.191. The summed E-state index contributed by atoms with van der Waals surface area (Å²) >= 11 is 0. The van der Waals surface area contributed by atoms with Gasteiger partial charge in [0.2, 0.25) is 0 Å². The van der Waals surface area contributed by atoms with Crippen molar-refractivity contribution in [2.45, 2.75) is 42.5 Å². The predicted molar refractivity (Wildman–Crippen MR) is 126 cm³/mol. The van der Waals surface area contributed by atoms with E-state index in [0.717, 1.165) is 23.5 Å². The smallest absolute Gasteiger partial charge is 0.314 e. The highest BCUT2D eigenvalue weighted by atomic mass is 16.5. The van der Waals surface area contributed by atoms with E-state index >= 15 is 0 Å². The molecule has 156 valence electrons. The van der Waals surface area contributed by atoms with Crippen molar-refractivity contribution in [2.24, 2.45) is 5.92 Å². The molecule has 0 saturated carbocycles. The molecule has 0 bridgehead atoms. The van der Waals surface area contributed by atoms with Gasteiger partial charge in [-0.05, 0) is 55.0 Å². The Balaban J connectivity index is 0.00000261. The molecule has 3 heteroatoms. The summed E-state index contributed by atoms with van der Waals surface area (Å²) in [6.07, 6.45) is 0.771. The predicted octanol–water partition coefficient (Wildman–Crippen LogP) is 8.02. The lowest BCUT2D eigenvalue weighted by atomic mass is 10.1. The standard InChI is InChI=1S/C23H23NO2.3CH4/c1-3-18(2)23(25)26-22-16-14-21(15-17-22)24(19-10-6-4-7-11-19)20-12-8-5-9-13-20;;;/h4-18H,3H2,1-2H3;3*1H4. The van der Waals surface area contributed by atoms with Crippen LogP contribution in [-0.2, 0) is 4.79 Å². The van der Waals surface area contributed by atoms with Crippen molar-refractivity contribution in [3.8, 4) is 5.75 Å². The van der Waals surface area contributed by atoms with E-state index in [1.807, 2.05) is 74.5 Å². The van der Waals surface area contributed by atoms with Crippen molar-refractivity contribution in [1.29, 1.82) is 0 Å². The first-order valence-electron chi connectivity index (χ1n) is 8.91. The van der Waals surface area contributed by atoms with Gasteiger partial charge < -0.3 is 9.64 Å². The molecule has 0 spiro atoms. The third-order valence-corrected chi connectivity index (χ3v) is 4.36. The van der Waals surface area contributed by atoms with Gasteiger partial charge >= 0.3 is 5.97 Å². The number of anilines is 3. The lowest BCUT2D eigenvalue weighted by Crippen LogP contribution is -2.17. The molecule has 0 aromatic heterocycles. The summed E-state index contributed by atoms with van der Waals surface area (Å²) in [5.41, 5.74) is 3.15. The molecule has 0 aliphatic rings. The Bertz CT molecular complexity index is 790. The van der Waals surface area contributed by atoms with Crippen molar-refractivity contribution in [1.82, 2.24) is 0 Å². The van der Waals surface area contributed by atoms with Crippen molar-refractivity contribution < 1.29 is 9.53 Å². The zero-order valence-corrected chi connectivity index (χ0v) is 15.1. The van der Waals surface area contributed by atoms with E-state index in [2.05, 4.69) is 29.2 Å². The molecule has 0 fully saturated rings. The fourth-order valence-corrected chi connectivity index (χ4v) is 2.65. The molecule has 0 radical (unpaired) electrons. The van der Waals surface area contributed by atoms with E-state index in [0.29, 0.717) is 5.75 Å². The number of ether oxygens (including phenoxy) is 1. The maximum Gasteiger partial charge on any atom is 0.314 e. The van der Waals surface area contributed by atoms with E-state index < -0.39 is 0 Å². The van der Waals surface area contributed by atoms with E-state index in [1.54, 1.807) is 0 Å². The summed E-state index contributed by atoms with van der Waals surface area (Å²) in [6, 6.07) is 28.0. The Morgan fingerprint density at radius 1 is 0.759 bits per heavy atom. The Morgan fingerprint density at radius 2 is 1.17 bits per heavy atom. The van der Waals surface area contributed by atoms with Crippen LogP contribution >= 0.6 is 0 Å². The van der Waals surface area contributed by atoms with Crippen molar-refractivity contribution >= 4 is 23.0 Å². The average Bonchev–Trinajstić information content (AvgIpc) is 2.70. The topological polar surface area (TPSA) is 29.5 Å². The number of carbonyl (C=O) groups is 1. The van der Waals surface area contributed by atoms with Gasteiger partial charge in [-0.25, -0.2) is 0 Å². The molecule has 1 atom stereocenters. The summed E-state index contributed by atoms with van der Waals surface area (Å²) in [6.45, 7) is 3.86. The van der Waals surface area contributed by atoms with E-state index in [9.17, 15) is 4.79 Å². The molecule has 3 aromatic rings. The monoisotopic (exact) mass is 393 g/mol. The van der Waals surface area contributed by atoms with Gasteiger partial charge in [-0.2, -0.15) is 0 Å². The first-order valence-corrected chi connectivity index (χ1v) is 8.91. The number of esters is 1. The molecular formula is C26H35NO2. The van der Waals surface area contributed by atoms with Crippen LogP contribution in [0.3, 0.4) is 0 Å². The van der Waals surface area contributed by atoms with Gasteiger partial charge in [0.15, 0.2) is 0 Å². The van der Waals surface area contributed by atoms with Crippen LogP contribution in [0.4, 0.5) is 17.1 Å². The highest BCUT2D eigenvalue weighted by Crippen LogP contribution is 2.34. The van der Waals surface area contributed by atoms with Crippen LogP contribution in [0.2, 0.25) is 0 Å². The van der Waals surface area contributed by atoms with Crippen molar-refractivity contribution in [3.05, 3.63) is 84.9 Å². The quantitative estimate of drug-likeness (QED) is 0.314. The molecule has 3 aromatic carbocycles. The SMILES string of the molecule is C.C.C.CCC(C)C(=O)Oc1ccc(N(c2ccccc2)c2ccccc2)cc1. The molecule has 0 amide bonds. The van der Waals surface area contributed by atoms with E-state index in [-0.39, 0.29) is 34.2 Å². The molecule has 1 unspecified atom stereocenters. The number of hydrogen-bond acceptors (Lipinski definition) is 3. The van der Waals surface area contributed by atoms with E-state index in [1.165, 1.54) is 0 Å². The Labute approximate surface area is 177 Å². The summed E-state index contributed by atoms with van der Waals surface area (Å²) in [7, 11) is 0. The molecule has 0 aliphatic heterocycles. The van der Waals surface area contributed by atoms with E-state index in [4.69, 9.17) is 4.74 Å². The van der Waals surface area contributed by atoms with Crippen LogP contribution in [0.5, 0.6) is 5.75 Å². The minimum absolute atomic E-state index is 0. The van der Waals surface area contributed by atoms with Crippen LogP contribution in [0, 0.1) is 5.92 Å². The molecule has 0 N–H and O–H groups in total. The first-order chi connectivity index (χ1) is 12.7. The largest absolute Gasteiger partial charge is 0.426 e. The molecule has 3 rings (SSSR count). The maximum atomic E-state index is 12.0. The maximum absolute atomic E-state index is 12.0. The second-order valence-electron chi connectivity index (χ2n) is 6.23. The first kappa shape index (κ1) is 25.9. The second-order valence-corrected chi connectivity index (χ2v) is 6.23. The van der Waals surface area contributed by atoms with Crippen LogP contribution in [-0.4, -0.2) is 5.97 Å². The van der Waals surface area contributed by atoms with Gasteiger partial charge in [0, 0.05) is 17.1 Å². The average molecular weight is 394 g/mol. The highest BCUT2D eigenvalue weighted by Gasteiger charge is 2.15. The third-order valence-electron chi connectivity index (χ3n) is 4.36. The Hall–Kier alpha value is -3.07. The third kappa shape index (κ3) is 6.49. The Morgan fingerprint density at radius 3 is 1.59 bits per heavy atom. The van der Waals surface area contributed by atoms with Gasteiger partial charge in [-0.15, -0.1) is 0 Å². The zero-order valence-electron chi connectivity index (χ0n) is 15.1. The number of nitrogens with zero attached hydrogens (tertiary/aromatic N) is 1. The normalized spacial score (nSPS) is 10.4. The minimum Gasteiger partial charge on any atom is -0.426 e. The number of carbonyl (C=O) groups excluding carboxylic acids is 1. The van der Waals surface area contributed by atoms with Crippen molar-refractivity contribution in [2.75, 3.05) is 4.90 Å². The summed E-state index contributed by atoms with van der Waals surface area (Å²) < 4.78 is 5.46. The molecule has 0 heterocycles. The van der Waals surface area contributed by atoms with Crippen LogP contribution in [0.1, 0.15) is 42.5 Å². The molecule has 0 aliphatic carbocycles. The molecule has 0 saturated heterocycles. The van der Waals surface area contributed by atoms with Crippen LogP contribution in [0.25, 0.3) is 0 Å². The highest BCUT2D eigenvalue weighted by molar-refractivity contribution is 5.78. The number of benzene rings is 3. The molecular weight excluding hydrogens is 358 g/mol. The second kappa shape index (κ2) is 12.4. The lowest BCUT2D eigenvalue weighted by Gasteiger charge is -2.25. The van der Waals surface area contributed by atoms with Gasteiger partial charge in [0.05, 0.1) is 5.92 Å². The van der Waals surface area contributed by atoms with Gasteiger partial charge in [0.25, 0.3) is 0 Å². The lowest BCUT2D eigenvalue weighted by molar-refractivity contribution is -0.138. The van der Waals surface area contributed by atoms with Crippen LogP contribution in [0.15, 0.2) is 84.9 Å². The number of para-hydroxylation sites is 2. The summed E-state index contributed by atoms with van der Waals surface area (Å²) in [5.74, 6) is 0.281. The Kier molecular flexibility index (Phi) is 11.1. The van der Waals surface area contributed by atoms with Gasteiger partial charge in [-0.3, -0.25) is 4.79 Å². The zero-order chi connectivity index (χ0) is 18.4. The van der Waals surface area contributed by atoms with Gasteiger partial charge in [0.1, 0.15) is 5.75 Å². The molecule has 3 nitrogen and oxygen atoms in total. The van der Waals surface area contributed by atoms with Crippen LogP contribution < -0.4 is 9.64 Å². The number of rotatable bonds is 6. The van der Waals surface area contributed by atoms with Gasteiger partial charge in [-0.1, -0.05) is 72.5 Å². The van der Waals surface area contributed by atoms with Crippen molar-refractivity contribution in [3.63, 3.8) is 0 Å². The number of hydrogen-bond donors (Lipinski definition) is 0. The molecule has 29 heavy (non-hydrogen) atoms. The fraction of sp³-hybridized carbons (Fsp3) is 0.269. The summed E-state index contributed by atoms with van der Waals surface area (Å²) in [4.78, 5) is 14.1. The fourth-order valence-electron chi connectivity index (χ4n) is 2.65. The summed E-state index contributed by atoms with van der Waals surface area (Å²) in [5, 5.41) is 0.